The van der Waals surface area contributed by atoms with E-state index >= 15 is 0 Å². The molecule has 1 fully saturated rings. The van der Waals surface area contributed by atoms with Crippen molar-refractivity contribution < 1.29 is 4.79 Å². The summed E-state index contributed by atoms with van der Waals surface area (Å²) < 4.78 is 0.969. The van der Waals surface area contributed by atoms with Gasteiger partial charge in [0.15, 0.2) is 0 Å². The van der Waals surface area contributed by atoms with Crippen molar-refractivity contribution in [3.05, 3.63) is 28.7 Å². The summed E-state index contributed by atoms with van der Waals surface area (Å²) in [5, 5.41) is 6.20. The summed E-state index contributed by atoms with van der Waals surface area (Å²) in [4.78, 5) is 11.8. The molecule has 0 spiro atoms. The highest BCUT2D eigenvalue weighted by Gasteiger charge is 2.14. The maximum atomic E-state index is 11.8. The van der Waals surface area contributed by atoms with E-state index in [-0.39, 0.29) is 5.91 Å². The minimum absolute atomic E-state index is 0.0173. The first kappa shape index (κ1) is 13.9. The van der Waals surface area contributed by atoms with Crippen LogP contribution in [0, 0.1) is 0 Å². The van der Waals surface area contributed by atoms with Crippen molar-refractivity contribution in [2.24, 2.45) is 0 Å². The molecule has 1 aliphatic heterocycles. The highest BCUT2D eigenvalue weighted by atomic mass is 79.9. The first-order valence-corrected chi connectivity index (χ1v) is 8.05. The van der Waals surface area contributed by atoms with Gasteiger partial charge < -0.3 is 10.6 Å². The quantitative estimate of drug-likeness (QED) is 0.892. The lowest BCUT2D eigenvalue weighted by Gasteiger charge is -2.22. The Bertz CT molecular complexity index is 408. The van der Waals surface area contributed by atoms with Gasteiger partial charge in [-0.25, -0.2) is 0 Å². The molecule has 3 nitrogen and oxygen atoms in total. The van der Waals surface area contributed by atoms with E-state index in [1.165, 1.54) is 18.6 Å². The van der Waals surface area contributed by atoms with Crippen LogP contribution >= 0.6 is 27.7 Å². The Morgan fingerprint density at radius 2 is 2.39 bits per heavy atom. The number of carbonyl (C=O) groups is 1. The van der Waals surface area contributed by atoms with Crippen LogP contribution in [0.4, 0.5) is 5.69 Å². The molecule has 1 aliphatic rings. The molecular formula is C13H17BrN2OS. The van der Waals surface area contributed by atoms with Crippen LogP contribution < -0.4 is 10.6 Å². The molecule has 0 saturated carbocycles. The van der Waals surface area contributed by atoms with Crippen LogP contribution in [-0.2, 0) is 4.79 Å². The molecule has 0 aromatic heterocycles. The number of thioether (sulfide) groups is 1. The molecule has 1 aromatic carbocycles. The van der Waals surface area contributed by atoms with Crippen LogP contribution in [-0.4, -0.2) is 30.0 Å². The zero-order valence-corrected chi connectivity index (χ0v) is 12.5. The predicted molar refractivity (Wildman–Crippen MR) is 81.1 cm³/mol. The van der Waals surface area contributed by atoms with Crippen LogP contribution in [0.15, 0.2) is 28.7 Å². The van der Waals surface area contributed by atoms with Crippen molar-refractivity contribution in [2.75, 3.05) is 23.4 Å². The Labute approximate surface area is 120 Å². The standard InChI is InChI=1S/C13H17BrN2OS/c14-10-3-1-4-11(7-10)16-13(17)8-15-12-5-2-6-18-9-12/h1,3-4,7,12,15H,2,5-6,8-9H2,(H,16,17). The van der Waals surface area contributed by atoms with E-state index in [4.69, 9.17) is 0 Å². The van der Waals surface area contributed by atoms with Gasteiger partial charge in [-0.05, 0) is 36.8 Å². The summed E-state index contributed by atoms with van der Waals surface area (Å²) in [7, 11) is 0. The maximum Gasteiger partial charge on any atom is 0.238 e. The van der Waals surface area contributed by atoms with Gasteiger partial charge in [-0.2, -0.15) is 11.8 Å². The molecule has 1 atom stereocenters. The predicted octanol–water partition coefficient (Wildman–Crippen LogP) is 2.87. The highest BCUT2D eigenvalue weighted by Crippen LogP contribution is 2.17. The lowest BCUT2D eigenvalue weighted by molar-refractivity contribution is -0.115. The number of benzene rings is 1. The summed E-state index contributed by atoms with van der Waals surface area (Å²) in [5.74, 6) is 2.38. The van der Waals surface area contributed by atoms with E-state index in [0.717, 1.165) is 15.9 Å². The number of anilines is 1. The maximum absolute atomic E-state index is 11.8. The Kier molecular flexibility index (Phi) is 5.53. The molecule has 18 heavy (non-hydrogen) atoms. The number of rotatable bonds is 4. The number of halogens is 1. The third-order valence-electron chi connectivity index (χ3n) is 2.82. The summed E-state index contributed by atoms with van der Waals surface area (Å²) in [5.41, 5.74) is 0.828. The highest BCUT2D eigenvalue weighted by molar-refractivity contribution is 9.10. The fraction of sp³-hybridized carbons (Fsp3) is 0.462. The van der Waals surface area contributed by atoms with Gasteiger partial charge in [-0.3, -0.25) is 4.79 Å². The molecule has 5 heteroatoms. The lowest BCUT2D eigenvalue weighted by Crippen LogP contribution is -2.39. The Balaban J connectivity index is 1.74. The zero-order valence-electron chi connectivity index (χ0n) is 10.1. The number of amides is 1. The number of hydrogen-bond donors (Lipinski definition) is 2. The molecule has 0 radical (unpaired) electrons. The van der Waals surface area contributed by atoms with E-state index in [0.29, 0.717) is 12.6 Å². The van der Waals surface area contributed by atoms with Crippen molar-refractivity contribution in [1.82, 2.24) is 5.32 Å². The molecule has 0 bridgehead atoms. The summed E-state index contributed by atoms with van der Waals surface area (Å²) in [6, 6.07) is 8.11. The van der Waals surface area contributed by atoms with Crippen molar-refractivity contribution in [1.29, 1.82) is 0 Å². The third-order valence-corrected chi connectivity index (χ3v) is 4.53. The molecule has 2 N–H and O–H groups in total. The number of nitrogens with one attached hydrogen (secondary N) is 2. The minimum Gasteiger partial charge on any atom is -0.325 e. The molecule has 98 valence electrons. The minimum atomic E-state index is 0.0173. The van der Waals surface area contributed by atoms with Crippen LogP contribution in [0.3, 0.4) is 0 Å². The van der Waals surface area contributed by atoms with Gasteiger partial charge in [-0.1, -0.05) is 22.0 Å². The van der Waals surface area contributed by atoms with Crippen LogP contribution in [0.25, 0.3) is 0 Å². The van der Waals surface area contributed by atoms with E-state index in [1.54, 1.807) is 0 Å². The molecule has 2 rings (SSSR count). The van der Waals surface area contributed by atoms with E-state index < -0.39 is 0 Å². The first-order chi connectivity index (χ1) is 8.74. The average Bonchev–Trinajstić information content (AvgIpc) is 2.38. The lowest BCUT2D eigenvalue weighted by atomic mass is 10.2. The van der Waals surface area contributed by atoms with Crippen molar-refractivity contribution in [3.63, 3.8) is 0 Å². The zero-order chi connectivity index (χ0) is 12.8. The van der Waals surface area contributed by atoms with Gasteiger partial charge in [0.05, 0.1) is 6.54 Å². The number of carbonyl (C=O) groups excluding carboxylic acids is 1. The first-order valence-electron chi connectivity index (χ1n) is 6.10. The largest absolute Gasteiger partial charge is 0.325 e. The van der Waals surface area contributed by atoms with Gasteiger partial charge in [0, 0.05) is 22.0 Å². The van der Waals surface area contributed by atoms with Gasteiger partial charge in [0.25, 0.3) is 0 Å². The van der Waals surface area contributed by atoms with Crippen LogP contribution in [0.2, 0.25) is 0 Å². The Morgan fingerprint density at radius 3 is 3.11 bits per heavy atom. The second kappa shape index (κ2) is 7.16. The fourth-order valence-corrected chi connectivity index (χ4v) is 3.42. The smallest absolute Gasteiger partial charge is 0.238 e. The molecule has 1 saturated heterocycles. The van der Waals surface area contributed by atoms with Crippen molar-refractivity contribution in [2.45, 2.75) is 18.9 Å². The average molecular weight is 329 g/mol. The van der Waals surface area contributed by atoms with Crippen molar-refractivity contribution in [3.8, 4) is 0 Å². The molecule has 1 unspecified atom stereocenters. The van der Waals surface area contributed by atoms with E-state index in [9.17, 15) is 4.79 Å². The second-order valence-corrected chi connectivity index (χ2v) is 6.42. The topological polar surface area (TPSA) is 41.1 Å². The van der Waals surface area contributed by atoms with Gasteiger partial charge in [0.2, 0.25) is 5.91 Å². The third kappa shape index (κ3) is 4.63. The molecular weight excluding hydrogens is 312 g/mol. The van der Waals surface area contributed by atoms with E-state index in [1.807, 2.05) is 36.0 Å². The molecule has 1 heterocycles. The summed E-state index contributed by atoms with van der Waals surface area (Å²) in [6.07, 6.45) is 2.42. The molecule has 0 aliphatic carbocycles. The number of hydrogen-bond acceptors (Lipinski definition) is 3. The monoisotopic (exact) mass is 328 g/mol. The SMILES string of the molecule is O=C(CNC1CCCSC1)Nc1cccc(Br)c1. The molecule has 1 aromatic rings. The van der Waals surface area contributed by atoms with Crippen molar-refractivity contribution >= 4 is 39.3 Å². The van der Waals surface area contributed by atoms with Gasteiger partial charge >= 0.3 is 0 Å². The summed E-state index contributed by atoms with van der Waals surface area (Å²) >= 11 is 5.34. The van der Waals surface area contributed by atoms with Crippen LogP contribution in [0.1, 0.15) is 12.8 Å². The summed E-state index contributed by atoms with van der Waals surface area (Å²) in [6.45, 7) is 0.387. The van der Waals surface area contributed by atoms with E-state index in [2.05, 4.69) is 26.6 Å². The normalized spacial score (nSPS) is 19.5. The van der Waals surface area contributed by atoms with Gasteiger partial charge in [-0.15, -0.1) is 0 Å². The fourth-order valence-electron chi connectivity index (χ4n) is 1.91. The molecule has 1 amide bonds. The second-order valence-electron chi connectivity index (χ2n) is 4.35. The Hall–Kier alpha value is -0.520. The van der Waals surface area contributed by atoms with Crippen LogP contribution in [0.5, 0.6) is 0 Å². The Morgan fingerprint density at radius 1 is 1.50 bits per heavy atom. The van der Waals surface area contributed by atoms with Gasteiger partial charge in [0.1, 0.15) is 0 Å².